The predicted molar refractivity (Wildman–Crippen MR) is 98.3 cm³/mol. The zero-order valence-corrected chi connectivity index (χ0v) is 15.8. The lowest BCUT2D eigenvalue weighted by molar-refractivity contribution is -0.126. The van der Waals surface area contributed by atoms with E-state index in [2.05, 4.69) is 15.5 Å². The molecule has 1 atom stereocenters. The van der Waals surface area contributed by atoms with E-state index >= 15 is 0 Å². The first-order valence-corrected chi connectivity index (χ1v) is 10.4. The summed E-state index contributed by atoms with van der Waals surface area (Å²) in [5.74, 6) is 0.436. The van der Waals surface area contributed by atoms with Crippen LogP contribution in [0, 0.1) is 5.92 Å². The molecule has 3 aromatic heterocycles. The van der Waals surface area contributed by atoms with Crippen LogP contribution in [0.4, 0.5) is 0 Å². The summed E-state index contributed by atoms with van der Waals surface area (Å²) in [6.07, 6.45) is 4.33. The van der Waals surface area contributed by atoms with Gasteiger partial charge in [-0.25, -0.2) is 8.42 Å². The normalized spacial score (nSPS) is 18.2. The molecule has 1 fully saturated rings. The van der Waals surface area contributed by atoms with Crippen LogP contribution in [0.15, 0.2) is 56.7 Å². The maximum atomic E-state index is 12.9. The van der Waals surface area contributed by atoms with E-state index in [1.165, 1.54) is 16.6 Å². The molecule has 1 unspecified atom stereocenters. The Morgan fingerprint density at radius 1 is 1.32 bits per heavy atom. The number of nitrogens with one attached hydrogen (secondary N) is 2. The van der Waals surface area contributed by atoms with Crippen LogP contribution >= 0.6 is 0 Å². The van der Waals surface area contributed by atoms with E-state index < -0.39 is 15.9 Å². The average molecular weight is 404 g/mol. The minimum atomic E-state index is -3.82. The third kappa shape index (κ3) is 3.73. The van der Waals surface area contributed by atoms with Crippen LogP contribution < -0.4 is 5.32 Å². The number of hydrogen-bond acceptors (Lipinski definition) is 6. The lowest BCUT2D eigenvalue weighted by Gasteiger charge is -2.30. The Hall–Kier alpha value is -2.85. The maximum Gasteiger partial charge on any atom is 0.276 e. The Morgan fingerprint density at radius 3 is 2.96 bits per heavy atom. The van der Waals surface area contributed by atoms with Crippen molar-refractivity contribution >= 4 is 15.9 Å². The van der Waals surface area contributed by atoms with Gasteiger partial charge in [-0.3, -0.25) is 9.89 Å². The zero-order chi connectivity index (χ0) is 19.6. The molecular formula is C18H20N4O5S. The Kier molecular flexibility index (Phi) is 5.05. The Bertz CT molecular complexity index is 1020. The van der Waals surface area contributed by atoms with Crippen LogP contribution in [-0.4, -0.2) is 41.9 Å². The fourth-order valence-corrected chi connectivity index (χ4v) is 4.67. The lowest BCUT2D eigenvalue weighted by atomic mass is 9.99. The first-order valence-electron chi connectivity index (χ1n) is 8.94. The third-order valence-corrected chi connectivity index (χ3v) is 6.45. The minimum absolute atomic E-state index is 0.117. The predicted octanol–water partition coefficient (Wildman–Crippen LogP) is 1.98. The van der Waals surface area contributed by atoms with E-state index in [0.717, 1.165) is 0 Å². The quantitative estimate of drug-likeness (QED) is 0.648. The van der Waals surface area contributed by atoms with Crippen molar-refractivity contribution in [2.45, 2.75) is 24.5 Å². The van der Waals surface area contributed by atoms with Crippen LogP contribution in [0.3, 0.4) is 0 Å². The smallest absolute Gasteiger partial charge is 0.276 e. The number of carbonyl (C=O) groups is 1. The second-order valence-corrected chi connectivity index (χ2v) is 8.46. The summed E-state index contributed by atoms with van der Waals surface area (Å²) >= 11 is 0. The molecule has 148 valence electrons. The van der Waals surface area contributed by atoms with Gasteiger partial charge in [-0.15, -0.1) is 0 Å². The highest BCUT2D eigenvalue weighted by Crippen LogP contribution is 2.28. The Labute approximate surface area is 161 Å². The number of H-pyrrole nitrogens is 1. The molecule has 2 N–H and O–H groups in total. The van der Waals surface area contributed by atoms with Crippen molar-refractivity contribution in [2.75, 3.05) is 13.1 Å². The van der Waals surface area contributed by atoms with Gasteiger partial charge in [-0.05, 0) is 43.2 Å². The Balaban J connectivity index is 1.43. The molecule has 1 aliphatic rings. The van der Waals surface area contributed by atoms with Crippen LogP contribution in [0.2, 0.25) is 0 Å². The zero-order valence-electron chi connectivity index (χ0n) is 15.0. The second kappa shape index (κ2) is 7.64. The molecule has 1 amide bonds. The molecule has 4 heterocycles. The van der Waals surface area contributed by atoms with Crippen molar-refractivity contribution in [1.29, 1.82) is 0 Å². The van der Waals surface area contributed by atoms with E-state index in [9.17, 15) is 13.2 Å². The summed E-state index contributed by atoms with van der Waals surface area (Å²) in [7, 11) is -3.82. The summed E-state index contributed by atoms with van der Waals surface area (Å²) in [6.45, 7) is 0.748. The van der Waals surface area contributed by atoms with Crippen molar-refractivity contribution in [3.8, 4) is 11.5 Å². The number of rotatable bonds is 6. The molecule has 0 radical (unpaired) electrons. The van der Waals surface area contributed by atoms with E-state index in [1.54, 1.807) is 30.5 Å². The van der Waals surface area contributed by atoms with E-state index in [0.29, 0.717) is 36.6 Å². The number of piperidine rings is 1. The van der Waals surface area contributed by atoms with E-state index in [1.807, 2.05) is 0 Å². The number of carbonyl (C=O) groups excluding carboxylic acids is 1. The second-order valence-electron chi connectivity index (χ2n) is 6.59. The molecule has 1 saturated heterocycles. The van der Waals surface area contributed by atoms with E-state index in [-0.39, 0.29) is 24.1 Å². The average Bonchev–Trinajstić information content (AvgIpc) is 3.48. The highest BCUT2D eigenvalue weighted by atomic mass is 32.2. The molecule has 0 spiro atoms. The van der Waals surface area contributed by atoms with Crippen molar-refractivity contribution in [3.05, 3.63) is 48.6 Å². The number of amides is 1. The maximum absolute atomic E-state index is 12.9. The standard InChI is InChI=1S/C18H20N4O5S/c23-18(19-11-14-4-2-10-26-14)13-3-1-9-22(12-13)28(24,25)17-6-5-16(27-17)15-7-8-20-21-15/h2,4-8,10,13H,1,3,9,11-12H2,(H,19,23)(H,20,21). The van der Waals surface area contributed by atoms with E-state index in [4.69, 9.17) is 8.83 Å². The summed E-state index contributed by atoms with van der Waals surface area (Å²) < 4.78 is 37.9. The largest absolute Gasteiger partial charge is 0.467 e. The highest BCUT2D eigenvalue weighted by Gasteiger charge is 2.35. The molecule has 1 aliphatic heterocycles. The van der Waals surface area contributed by atoms with Gasteiger partial charge in [0.15, 0.2) is 5.76 Å². The number of furan rings is 2. The third-order valence-electron chi connectivity index (χ3n) is 4.71. The van der Waals surface area contributed by atoms with Crippen molar-refractivity contribution < 1.29 is 22.0 Å². The summed E-state index contributed by atoms with van der Waals surface area (Å²) in [5, 5.41) is 9.22. The molecule has 28 heavy (non-hydrogen) atoms. The molecule has 10 heteroatoms. The number of nitrogens with zero attached hydrogens (tertiary/aromatic N) is 2. The summed E-state index contributed by atoms with van der Waals surface area (Å²) in [4.78, 5) is 12.5. The summed E-state index contributed by atoms with van der Waals surface area (Å²) in [6, 6.07) is 8.21. The number of sulfonamides is 1. The molecule has 0 saturated carbocycles. The molecule has 3 aromatic rings. The minimum Gasteiger partial charge on any atom is -0.467 e. The molecule has 9 nitrogen and oxygen atoms in total. The van der Waals surface area contributed by atoms with Crippen LogP contribution in [-0.2, 0) is 21.4 Å². The van der Waals surface area contributed by atoms with Crippen molar-refractivity contribution in [3.63, 3.8) is 0 Å². The number of aromatic amines is 1. The van der Waals surface area contributed by atoms with Gasteiger partial charge in [0, 0.05) is 19.3 Å². The Morgan fingerprint density at radius 2 is 2.21 bits per heavy atom. The monoisotopic (exact) mass is 404 g/mol. The van der Waals surface area contributed by atoms with Crippen molar-refractivity contribution in [1.82, 2.24) is 19.8 Å². The summed E-state index contributed by atoms with van der Waals surface area (Å²) in [5.41, 5.74) is 0.593. The fraction of sp³-hybridized carbons (Fsp3) is 0.333. The van der Waals surface area contributed by atoms with Gasteiger partial charge in [0.25, 0.3) is 10.0 Å². The van der Waals surface area contributed by atoms with Crippen molar-refractivity contribution in [2.24, 2.45) is 5.92 Å². The molecule has 0 bridgehead atoms. The first kappa shape index (κ1) is 18.5. The molecule has 0 aliphatic carbocycles. The van der Waals surface area contributed by atoms with Gasteiger partial charge in [0.2, 0.25) is 11.0 Å². The SMILES string of the molecule is O=C(NCc1ccco1)C1CCCN(S(=O)(=O)c2ccc(-c3ccn[nH]3)o2)C1. The van der Waals surface area contributed by atoms with Gasteiger partial charge in [0.1, 0.15) is 11.5 Å². The number of aromatic nitrogens is 2. The first-order chi connectivity index (χ1) is 13.5. The number of hydrogen-bond donors (Lipinski definition) is 2. The van der Waals surface area contributed by atoms with Gasteiger partial charge >= 0.3 is 0 Å². The highest BCUT2D eigenvalue weighted by molar-refractivity contribution is 7.89. The van der Waals surface area contributed by atoms with Gasteiger partial charge < -0.3 is 14.2 Å². The molecular weight excluding hydrogens is 384 g/mol. The topological polar surface area (TPSA) is 121 Å². The van der Waals surface area contributed by atoms with Crippen LogP contribution in [0.1, 0.15) is 18.6 Å². The molecule has 0 aromatic carbocycles. The van der Waals surface area contributed by atoms with Gasteiger partial charge in [0.05, 0.1) is 18.7 Å². The van der Waals surface area contributed by atoms with Gasteiger partial charge in [-0.2, -0.15) is 9.40 Å². The fourth-order valence-electron chi connectivity index (χ4n) is 3.23. The van der Waals surface area contributed by atoms with Gasteiger partial charge in [-0.1, -0.05) is 0 Å². The van der Waals surface area contributed by atoms with Crippen LogP contribution in [0.5, 0.6) is 0 Å². The van der Waals surface area contributed by atoms with Crippen LogP contribution in [0.25, 0.3) is 11.5 Å². The molecule has 4 rings (SSSR count). The lowest BCUT2D eigenvalue weighted by Crippen LogP contribution is -2.45.